The van der Waals surface area contributed by atoms with Crippen LogP contribution in [0, 0.1) is 0 Å². The number of rotatable bonds is 6. The molecule has 0 saturated heterocycles. The smallest absolute Gasteiger partial charge is 0.280 e. The highest BCUT2D eigenvalue weighted by Crippen LogP contribution is 2.32. The van der Waals surface area contributed by atoms with Gasteiger partial charge >= 0.3 is 0 Å². The lowest BCUT2D eigenvalue weighted by Gasteiger charge is -2.18. The molecule has 0 spiro atoms. The van der Waals surface area contributed by atoms with Gasteiger partial charge in [-0.25, -0.2) is 4.98 Å². The fraction of sp³-hybridized carbons (Fsp3) is 0.238. The summed E-state index contributed by atoms with van der Waals surface area (Å²) in [4.78, 5) is 23.9. The third-order valence-electron chi connectivity index (χ3n) is 4.48. The quantitative estimate of drug-likeness (QED) is 0.476. The van der Waals surface area contributed by atoms with E-state index in [1.165, 1.54) is 11.3 Å². The van der Waals surface area contributed by atoms with Gasteiger partial charge in [0.1, 0.15) is 5.75 Å². The van der Waals surface area contributed by atoms with E-state index in [-0.39, 0.29) is 11.9 Å². The second-order valence-corrected chi connectivity index (χ2v) is 7.87. The first-order valence-corrected chi connectivity index (χ1v) is 10.1. The van der Waals surface area contributed by atoms with Gasteiger partial charge in [0.05, 0.1) is 23.9 Å². The minimum absolute atomic E-state index is 0.179. The average molecular weight is 407 g/mol. The highest BCUT2D eigenvalue weighted by atomic mass is 32.1. The Balaban J connectivity index is 1.74. The molecule has 0 radical (unpaired) electrons. The molecule has 0 saturated carbocycles. The maximum Gasteiger partial charge on any atom is 0.280 e. The molecule has 0 N–H and O–H groups in total. The largest absolute Gasteiger partial charge is 0.497 e. The number of carbonyl (C=O) groups excluding carboxylic acids is 1. The van der Waals surface area contributed by atoms with Gasteiger partial charge in [-0.3, -0.25) is 19.4 Å². The predicted molar refractivity (Wildman–Crippen MR) is 114 cm³/mol. The number of hydrogen-bond donors (Lipinski definition) is 0. The fourth-order valence-electron chi connectivity index (χ4n) is 2.92. The highest BCUT2D eigenvalue weighted by Gasteiger charge is 2.24. The van der Waals surface area contributed by atoms with Crippen LogP contribution in [0.5, 0.6) is 5.75 Å². The fourth-order valence-corrected chi connectivity index (χ4v) is 3.86. The molecular weight excluding hydrogens is 386 g/mol. The summed E-state index contributed by atoms with van der Waals surface area (Å²) in [6.45, 7) is 4.41. The van der Waals surface area contributed by atoms with E-state index in [2.05, 4.69) is 10.1 Å². The standard InChI is InChI=1S/C21H21N5O2S/c1-14(2)26-10-8-17(24-26)20(27)25(13-15-5-4-9-22-12-15)21-23-18-11-16(28-3)6-7-19(18)29-21/h4-12,14H,13H2,1-3H3. The van der Waals surface area contributed by atoms with Gasteiger partial charge in [-0.15, -0.1) is 0 Å². The van der Waals surface area contributed by atoms with E-state index < -0.39 is 0 Å². The summed E-state index contributed by atoms with van der Waals surface area (Å²) in [5.41, 5.74) is 2.10. The van der Waals surface area contributed by atoms with E-state index in [0.29, 0.717) is 17.4 Å². The molecule has 0 atom stereocenters. The van der Waals surface area contributed by atoms with Gasteiger partial charge in [0, 0.05) is 30.7 Å². The summed E-state index contributed by atoms with van der Waals surface area (Å²) in [5.74, 6) is 0.537. The maximum absolute atomic E-state index is 13.4. The summed E-state index contributed by atoms with van der Waals surface area (Å²) >= 11 is 1.46. The topological polar surface area (TPSA) is 73.1 Å². The molecule has 1 aromatic carbocycles. The number of thiazole rings is 1. The lowest BCUT2D eigenvalue weighted by atomic mass is 10.2. The molecule has 0 aliphatic heterocycles. The Morgan fingerprint density at radius 1 is 1.28 bits per heavy atom. The van der Waals surface area contributed by atoms with Crippen LogP contribution in [0.2, 0.25) is 0 Å². The molecule has 29 heavy (non-hydrogen) atoms. The Morgan fingerprint density at radius 2 is 2.14 bits per heavy atom. The SMILES string of the molecule is COc1ccc2sc(N(Cc3cccnc3)C(=O)c3ccn(C(C)C)n3)nc2c1. The molecular formula is C21H21N5O2S. The first-order valence-electron chi connectivity index (χ1n) is 9.25. The summed E-state index contributed by atoms with van der Waals surface area (Å²) < 4.78 is 8.05. The number of hydrogen-bond acceptors (Lipinski definition) is 6. The van der Waals surface area contributed by atoms with Crippen molar-refractivity contribution in [2.75, 3.05) is 12.0 Å². The van der Waals surface area contributed by atoms with Crippen molar-refractivity contribution >= 4 is 32.6 Å². The maximum atomic E-state index is 13.4. The van der Waals surface area contributed by atoms with E-state index in [1.807, 2.05) is 50.4 Å². The molecule has 7 nitrogen and oxygen atoms in total. The molecule has 0 aliphatic rings. The van der Waals surface area contributed by atoms with Crippen molar-refractivity contribution in [3.05, 3.63) is 66.2 Å². The van der Waals surface area contributed by atoms with Crippen LogP contribution in [0.4, 0.5) is 5.13 Å². The molecule has 8 heteroatoms. The van der Waals surface area contributed by atoms with Gasteiger partial charge in [-0.1, -0.05) is 17.4 Å². The van der Waals surface area contributed by atoms with Gasteiger partial charge in [-0.2, -0.15) is 5.10 Å². The van der Waals surface area contributed by atoms with Gasteiger partial charge in [0.25, 0.3) is 5.91 Å². The minimum atomic E-state index is -0.195. The number of aromatic nitrogens is 4. The Hall–Kier alpha value is -3.26. The minimum Gasteiger partial charge on any atom is -0.497 e. The number of ether oxygens (including phenoxy) is 1. The van der Waals surface area contributed by atoms with Crippen LogP contribution in [0.15, 0.2) is 55.0 Å². The lowest BCUT2D eigenvalue weighted by molar-refractivity contribution is 0.0979. The Kier molecular flexibility index (Phi) is 5.26. The summed E-state index contributed by atoms with van der Waals surface area (Å²) in [5, 5.41) is 5.06. The number of fused-ring (bicyclic) bond motifs is 1. The number of carbonyl (C=O) groups is 1. The number of methoxy groups -OCH3 is 1. The lowest BCUT2D eigenvalue weighted by Crippen LogP contribution is -2.31. The number of amides is 1. The van der Waals surface area contributed by atoms with E-state index in [9.17, 15) is 4.79 Å². The molecule has 4 aromatic rings. The first kappa shape index (κ1) is 19.1. The van der Waals surface area contributed by atoms with Crippen LogP contribution in [-0.4, -0.2) is 32.8 Å². The van der Waals surface area contributed by atoms with Crippen molar-refractivity contribution in [1.29, 1.82) is 0 Å². The van der Waals surface area contributed by atoms with Crippen molar-refractivity contribution in [3.8, 4) is 5.75 Å². The van der Waals surface area contributed by atoms with Crippen LogP contribution in [0.25, 0.3) is 10.2 Å². The first-order chi connectivity index (χ1) is 14.0. The zero-order valence-electron chi connectivity index (χ0n) is 16.4. The summed E-state index contributed by atoms with van der Waals surface area (Å²) in [7, 11) is 1.62. The second kappa shape index (κ2) is 8.00. The van der Waals surface area contributed by atoms with Gasteiger partial charge < -0.3 is 4.74 Å². The summed E-state index contributed by atoms with van der Waals surface area (Å²) in [6, 6.07) is 11.4. The molecule has 0 unspecified atom stereocenters. The predicted octanol–water partition coefficient (Wildman–Crippen LogP) is 4.32. The Labute approximate surface area is 172 Å². The van der Waals surface area contributed by atoms with Crippen molar-refractivity contribution in [3.63, 3.8) is 0 Å². The zero-order valence-corrected chi connectivity index (χ0v) is 17.3. The van der Waals surface area contributed by atoms with Crippen LogP contribution in [0.1, 0.15) is 35.9 Å². The van der Waals surface area contributed by atoms with Crippen molar-refractivity contribution in [2.45, 2.75) is 26.4 Å². The number of nitrogens with zero attached hydrogens (tertiary/aromatic N) is 5. The monoisotopic (exact) mass is 407 g/mol. The third-order valence-corrected chi connectivity index (χ3v) is 5.54. The molecule has 4 rings (SSSR count). The number of pyridine rings is 1. The Bertz CT molecular complexity index is 1140. The molecule has 0 fully saturated rings. The zero-order chi connectivity index (χ0) is 20.4. The number of anilines is 1. The Morgan fingerprint density at radius 3 is 2.83 bits per heavy atom. The van der Waals surface area contributed by atoms with Crippen molar-refractivity contribution < 1.29 is 9.53 Å². The van der Waals surface area contributed by atoms with Crippen molar-refractivity contribution in [2.24, 2.45) is 0 Å². The van der Waals surface area contributed by atoms with Gasteiger partial charge in [0.2, 0.25) is 0 Å². The third kappa shape index (κ3) is 3.97. The molecule has 1 amide bonds. The molecule has 3 heterocycles. The number of benzene rings is 1. The van der Waals surface area contributed by atoms with Crippen LogP contribution in [0.3, 0.4) is 0 Å². The summed E-state index contributed by atoms with van der Waals surface area (Å²) in [6.07, 6.45) is 5.29. The second-order valence-electron chi connectivity index (χ2n) is 6.86. The van der Waals surface area contributed by atoms with Crippen LogP contribution >= 0.6 is 11.3 Å². The highest BCUT2D eigenvalue weighted by molar-refractivity contribution is 7.22. The van der Waals surface area contributed by atoms with E-state index in [1.54, 1.807) is 35.2 Å². The molecule has 3 aromatic heterocycles. The van der Waals surface area contributed by atoms with Crippen LogP contribution < -0.4 is 9.64 Å². The van der Waals surface area contributed by atoms with Crippen molar-refractivity contribution in [1.82, 2.24) is 19.7 Å². The average Bonchev–Trinajstić information content (AvgIpc) is 3.39. The van der Waals surface area contributed by atoms with Gasteiger partial charge in [-0.05, 0) is 43.7 Å². The normalized spacial score (nSPS) is 11.2. The molecule has 0 bridgehead atoms. The van der Waals surface area contributed by atoms with E-state index in [4.69, 9.17) is 9.72 Å². The molecule has 0 aliphatic carbocycles. The van der Waals surface area contributed by atoms with E-state index >= 15 is 0 Å². The van der Waals surface area contributed by atoms with E-state index in [0.717, 1.165) is 21.5 Å². The molecule has 148 valence electrons. The van der Waals surface area contributed by atoms with Gasteiger partial charge in [0.15, 0.2) is 10.8 Å². The van der Waals surface area contributed by atoms with Crippen LogP contribution in [-0.2, 0) is 6.54 Å².